The number of hydrogen-bond donors (Lipinski definition) is 0. The van der Waals surface area contributed by atoms with Crippen molar-refractivity contribution < 1.29 is 9.32 Å². The van der Waals surface area contributed by atoms with Crippen molar-refractivity contribution in [1.29, 1.82) is 0 Å². The SMILES string of the molecule is Cc1noc(C2CCCN(C(=O)CCc3cccs3)C2)n1. The fourth-order valence-corrected chi connectivity index (χ4v) is 3.44. The molecule has 1 amide bonds. The lowest BCUT2D eigenvalue weighted by atomic mass is 9.97. The van der Waals surface area contributed by atoms with Gasteiger partial charge >= 0.3 is 0 Å². The second kappa shape index (κ2) is 6.39. The average Bonchev–Trinajstić information content (AvgIpc) is 3.16. The summed E-state index contributed by atoms with van der Waals surface area (Å²) in [5.41, 5.74) is 0. The molecular weight excluding hydrogens is 286 g/mol. The minimum atomic E-state index is 0.186. The number of likely N-dealkylation sites (tertiary alicyclic amines) is 1. The van der Waals surface area contributed by atoms with E-state index in [4.69, 9.17) is 4.52 Å². The largest absolute Gasteiger partial charge is 0.342 e. The van der Waals surface area contributed by atoms with Crippen LogP contribution >= 0.6 is 11.3 Å². The predicted octanol–water partition coefficient (Wildman–Crippen LogP) is 2.78. The second-order valence-electron chi connectivity index (χ2n) is 5.44. The number of amides is 1. The third-order valence-corrected chi connectivity index (χ3v) is 4.77. The van der Waals surface area contributed by atoms with E-state index in [1.165, 1.54) is 4.88 Å². The molecule has 1 aliphatic rings. The van der Waals surface area contributed by atoms with Crippen molar-refractivity contribution in [2.24, 2.45) is 0 Å². The molecule has 3 rings (SSSR count). The van der Waals surface area contributed by atoms with Crippen molar-refractivity contribution in [1.82, 2.24) is 15.0 Å². The Balaban J connectivity index is 1.56. The standard InChI is InChI=1S/C15H19N3O2S/c1-11-16-15(20-17-11)12-4-2-8-18(10-12)14(19)7-6-13-5-3-9-21-13/h3,5,9,12H,2,4,6-8,10H2,1H3. The monoisotopic (exact) mass is 305 g/mol. The van der Waals surface area contributed by atoms with Gasteiger partial charge in [0.15, 0.2) is 5.82 Å². The van der Waals surface area contributed by atoms with Gasteiger partial charge in [0.1, 0.15) is 0 Å². The van der Waals surface area contributed by atoms with Crippen LogP contribution in [0.4, 0.5) is 0 Å². The molecule has 0 spiro atoms. The lowest BCUT2D eigenvalue weighted by Gasteiger charge is -2.31. The van der Waals surface area contributed by atoms with E-state index in [0.29, 0.717) is 24.7 Å². The molecule has 0 bridgehead atoms. The molecule has 6 heteroatoms. The first kappa shape index (κ1) is 14.3. The van der Waals surface area contributed by atoms with Gasteiger partial charge in [-0.05, 0) is 37.6 Å². The normalized spacial score (nSPS) is 18.9. The fourth-order valence-electron chi connectivity index (χ4n) is 2.73. The fraction of sp³-hybridized carbons (Fsp3) is 0.533. The van der Waals surface area contributed by atoms with Crippen molar-refractivity contribution in [3.8, 4) is 0 Å². The van der Waals surface area contributed by atoms with Gasteiger partial charge in [-0.25, -0.2) is 0 Å². The van der Waals surface area contributed by atoms with Crippen molar-refractivity contribution in [2.45, 2.75) is 38.5 Å². The highest BCUT2D eigenvalue weighted by molar-refractivity contribution is 7.09. The Morgan fingerprint density at radius 1 is 1.57 bits per heavy atom. The lowest BCUT2D eigenvalue weighted by molar-refractivity contribution is -0.132. The van der Waals surface area contributed by atoms with E-state index in [0.717, 1.165) is 25.8 Å². The molecule has 5 nitrogen and oxygen atoms in total. The molecule has 2 aromatic heterocycles. The van der Waals surface area contributed by atoms with E-state index < -0.39 is 0 Å². The van der Waals surface area contributed by atoms with Gasteiger partial charge in [-0.2, -0.15) is 4.98 Å². The molecule has 3 heterocycles. The first-order chi connectivity index (χ1) is 10.2. The quantitative estimate of drug-likeness (QED) is 0.871. The topological polar surface area (TPSA) is 59.2 Å². The van der Waals surface area contributed by atoms with E-state index in [9.17, 15) is 4.79 Å². The van der Waals surface area contributed by atoms with Gasteiger partial charge in [-0.15, -0.1) is 11.3 Å². The van der Waals surface area contributed by atoms with Gasteiger partial charge in [-0.3, -0.25) is 4.79 Å². The van der Waals surface area contributed by atoms with Crippen LogP contribution in [0.2, 0.25) is 0 Å². The zero-order valence-electron chi connectivity index (χ0n) is 12.1. The number of hydrogen-bond acceptors (Lipinski definition) is 5. The van der Waals surface area contributed by atoms with Crippen LogP contribution in [0.15, 0.2) is 22.0 Å². The van der Waals surface area contributed by atoms with Gasteiger partial charge in [0, 0.05) is 24.4 Å². The lowest BCUT2D eigenvalue weighted by Crippen LogP contribution is -2.39. The maximum absolute atomic E-state index is 12.3. The van der Waals surface area contributed by atoms with Crippen LogP contribution in [0.25, 0.3) is 0 Å². The maximum atomic E-state index is 12.3. The van der Waals surface area contributed by atoms with E-state index in [1.807, 2.05) is 17.9 Å². The first-order valence-electron chi connectivity index (χ1n) is 7.33. The van der Waals surface area contributed by atoms with Crippen LogP contribution in [0, 0.1) is 6.92 Å². The van der Waals surface area contributed by atoms with E-state index in [1.54, 1.807) is 11.3 Å². The van der Waals surface area contributed by atoms with Crippen LogP contribution in [0.3, 0.4) is 0 Å². The molecule has 0 saturated carbocycles. The summed E-state index contributed by atoms with van der Waals surface area (Å²) in [6.45, 7) is 3.36. The highest BCUT2D eigenvalue weighted by Gasteiger charge is 2.27. The number of carbonyl (C=O) groups excluding carboxylic acids is 1. The molecule has 1 atom stereocenters. The van der Waals surface area contributed by atoms with Gasteiger partial charge in [0.05, 0.1) is 5.92 Å². The molecular formula is C15H19N3O2S. The molecule has 1 saturated heterocycles. The Bertz CT molecular complexity index is 594. The average molecular weight is 305 g/mol. The minimum absolute atomic E-state index is 0.186. The van der Waals surface area contributed by atoms with Crippen LogP contribution in [-0.2, 0) is 11.2 Å². The minimum Gasteiger partial charge on any atom is -0.342 e. The van der Waals surface area contributed by atoms with Crippen LogP contribution in [0.5, 0.6) is 0 Å². The summed E-state index contributed by atoms with van der Waals surface area (Å²) in [6.07, 6.45) is 3.42. The van der Waals surface area contributed by atoms with Crippen molar-refractivity contribution >= 4 is 17.2 Å². The number of rotatable bonds is 4. The molecule has 0 aromatic carbocycles. The molecule has 1 unspecified atom stereocenters. The summed E-state index contributed by atoms with van der Waals surface area (Å²) in [5.74, 6) is 1.74. The summed E-state index contributed by atoms with van der Waals surface area (Å²) in [6, 6.07) is 4.11. The third kappa shape index (κ3) is 3.50. The number of aromatic nitrogens is 2. The molecule has 1 fully saturated rings. The summed E-state index contributed by atoms with van der Waals surface area (Å²) >= 11 is 1.71. The van der Waals surface area contributed by atoms with Gasteiger partial charge in [0.2, 0.25) is 11.8 Å². The number of thiophene rings is 1. The number of nitrogens with zero attached hydrogens (tertiary/aromatic N) is 3. The Labute approximate surface area is 128 Å². The highest BCUT2D eigenvalue weighted by atomic mass is 32.1. The van der Waals surface area contributed by atoms with Gasteiger partial charge in [-0.1, -0.05) is 11.2 Å². The molecule has 0 radical (unpaired) electrons. The second-order valence-corrected chi connectivity index (χ2v) is 6.47. The number of aryl methyl sites for hydroxylation is 2. The Hall–Kier alpha value is -1.69. The van der Waals surface area contributed by atoms with Crippen molar-refractivity contribution in [3.63, 3.8) is 0 Å². The molecule has 2 aromatic rings. The molecule has 0 N–H and O–H groups in total. The summed E-state index contributed by atoms with van der Waals surface area (Å²) in [5, 5.41) is 5.89. The number of piperidine rings is 1. The van der Waals surface area contributed by atoms with Gasteiger partial charge < -0.3 is 9.42 Å². The Kier molecular flexibility index (Phi) is 4.34. The molecule has 1 aliphatic heterocycles. The van der Waals surface area contributed by atoms with E-state index in [2.05, 4.69) is 21.6 Å². The molecule has 112 valence electrons. The summed E-state index contributed by atoms with van der Waals surface area (Å²) < 4.78 is 5.25. The Morgan fingerprint density at radius 3 is 3.19 bits per heavy atom. The molecule has 0 aliphatic carbocycles. The van der Waals surface area contributed by atoms with Crippen LogP contribution in [0.1, 0.15) is 41.8 Å². The Morgan fingerprint density at radius 2 is 2.48 bits per heavy atom. The summed E-state index contributed by atoms with van der Waals surface area (Å²) in [7, 11) is 0. The maximum Gasteiger partial charge on any atom is 0.231 e. The summed E-state index contributed by atoms with van der Waals surface area (Å²) in [4.78, 5) is 19.9. The third-order valence-electron chi connectivity index (χ3n) is 3.83. The van der Waals surface area contributed by atoms with Crippen LogP contribution in [-0.4, -0.2) is 34.0 Å². The van der Waals surface area contributed by atoms with E-state index >= 15 is 0 Å². The predicted molar refractivity (Wildman–Crippen MR) is 80.2 cm³/mol. The van der Waals surface area contributed by atoms with Crippen LogP contribution < -0.4 is 0 Å². The van der Waals surface area contributed by atoms with E-state index in [-0.39, 0.29) is 11.8 Å². The number of carbonyl (C=O) groups is 1. The molecule has 21 heavy (non-hydrogen) atoms. The van der Waals surface area contributed by atoms with Crippen molar-refractivity contribution in [3.05, 3.63) is 34.1 Å². The van der Waals surface area contributed by atoms with Gasteiger partial charge in [0.25, 0.3) is 0 Å². The zero-order chi connectivity index (χ0) is 14.7. The highest BCUT2D eigenvalue weighted by Crippen LogP contribution is 2.26. The zero-order valence-corrected chi connectivity index (χ0v) is 12.9. The smallest absolute Gasteiger partial charge is 0.231 e. The van der Waals surface area contributed by atoms with Crippen molar-refractivity contribution in [2.75, 3.05) is 13.1 Å². The first-order valence-corrected chi connectivity index (χ1v) is 8.20.